The van der Waals surface area contributed by atoms with E-state index < -0.39 is 5.97 Å². The normalized spacial score (nSPS) is 14.0. The molecule has 5 rings (SSSR count). The van der Waals surface area contributed by atoms with Gasteiger partial charge in [0.05, 0.1) is 4.88 Å². The number of carboxylic acid groups (broad SMARTS) is 1. The van der Waals surface area contributed by atoms with Crippen LogP contribution in [0.15, 0.2) is 42.5 Å². The summed E-state index contributed by atoms with van der Waals surface area (Å²) in [5.74, 6) is 1.66. The van der Waals surface area contributed by atoms with Crippen molar-refractivity contribution in [1.82, 2.24) is 10.3 Å². The van der Waals surface area contributed by atoms with Gasteiger partial charge in [0.25, 0.3) is 0 Å². The summed E-state index contributed by atoms with van der Waals surface area (Å²) in [6, 6.07) is 13.8. The standard InChI is InChI=1S/C13H17NO2.C11H10N2O2S/c1-2-11(1)8-14-6-5-10-3-4-12-13(7-10)16-9-15-12;1-6-3-2-4-7(5-6)9-8(10(14)15)13-11(12)16-9/h3-4,7,11,14H,1-2,5-6,8-9H2;2-5H,1H3,(H2,12,13)(H,14,15). The lowest BCUT2D eigenvalue weighted by atomic mass is 10.1. The Hall–Kier alpha value is -3.10. The Bertz CT molecular complexity index is 1090. The molecule has 0 atom stereocenters. The van der Waals surface area contributed by atoms with Crippen LogP contribution in [0.4, 0.5) is 5.13 Å². The summed E-state index contributed by atoms with van der Waals surface area (Å²) in [6.07, 6.45) is 3.89. The first-order chi connectivity index (χ1) is 15.5. The van der Waals surface area contributed by atoms with Gasteiger partial charge in [-0.25, -0.2) is 9.78 Å². The van der Waals surface area contributed by atoms with Crippen molar-refractivity contribution in [3.8, 4) is 21.9 Å². The highest BCUT2D eigenvalue weighted by Gasteiger charge is 2.20. The Morgan fingerprint density at radius 1 is 1.22 bits per heavy atom. The van der Waals surface area contributed by atoms with Crippen LogP contribution in [0, 0.1) is 12.8 Å². The number of carboxylic acids is 1. The van der Waals surface area contributed by atoms with Crippen molar-refractivity contribution in [1.29, 1.82) is 0 Å². The van der Waals surface area contributed by atoms with Crippen molar-refractivity contribution in [3.63, 3.8) is 0 Å². The lowest BCUT2D eigenvalue weighted by Crippen LogP contribution is -2.19. The predicted molar refractivity (Wildman–Crippen MR) is 126 cm³/mol. The van der Waals surface area contributed by atoms with Crippen molar-refractivity contribution in [2.45, 2.75) is 26.2 Å². The zero-order valence-electron chi connectivity index (χ0n) is 18.0. The Kier molecular flexibility index (Phi) is 6.92. The number of ether oxygens (including phenoxy) is 2. The van der Waals surface area contributed by atoms with Gasteiger partial charge >= 0.3 is 5.97 Å². The molecule has 4 N–H and O–H groups in total. The maximum atomic E-state index is 11.0. The molecule has 168 valence electrons. The number of thiazole rings is 1. The Morgan fingerprint density at radius 3 is 2.78 bits per heavy atom. The van der Waals surface area contributed by atoms with Crippen molar-refractivity contribution in [3.05, 3.63) is 59.3 Å². The van der Waals surface area contributed by atoms with E-state index in [4.69, 9.17) is 20.3 Å². The van der Waals surface area contributed by atoms with E-state index in [0.29, 0.717) is 11.7 Å². The van der Waals surface area contributed by atoms with Crippen LogP contribution in [-0.2, 0) is 6.42 Å². The van der Waals surface area contributed by atoms with Crippen molar-refractivity contribution < 1.29 is 19.4 Å². The summed E-state index contributed by atoms with van der Waals surface area (Å²) in [4.78, 5) is 15.4. The second-order valence-electron chi connectivity index (χ2n) is 7.99. The topological polar surface area (TPSA) is 107 Å². The molecule has 2 aliphatic rings. The minimum Gasteiger partial charge on any atom is -0.476 e. The monoisotopic (exact) mass is 453 g/mol. The molecule has 0 amide bonds. The number of anilines is 1. The van der Waals surface area contributed by atoms with E-state index in [1.54, 1.807) is 0 Å². The summed E-state index contributed by atoms with van der Waals surface area (Å²) in [6.45, 7) is 4.55. The molecule has 0 bridgehead atoms. The number of aromatic carboxylic acids is 1. The summed E-state index contributed by atoms with van der Waals surface area (Å²) in [7, 11) is 0. The zero-order chi connectivity index (χ0) is 22.5. The third kappa shape index (κ3) is 5.77. The first-order valence-electron chi connectivity index (χ1n) is 10.7. The number of hydrogen-bond donors (Lipinski definition) is 3. The molecule has 8 heteroatoms. The maximum Gasteiger partial charge on any atom is 0.356 e. The number of fused-ring (bicyclic) bond motifs is 1. The molecule has 1 aromatic heterocycles. The molecule has 32 heavy (non-hydrogen) atoms. The van der Waals surface area contributed by atoms with Gasteiger partial charge in [0, 0.05) is 0 Å². The van der Waals surface area contributed by atoms with E-state index in [1.165, 1.54) is 36.3 Å². The van der Waals surface area contributed by atoms with Crippen LogP contribution in [0.25, 0.3) is 10.4 Å². The highest BCUT2D eigenvalue weighted by Crippen LogP contribution is 2.33. The number of nitrogens with one attached hydrogen (secondary N) is 1. The second-order valence-corrected chi connectivity index (χ2v) is 9.02. The van der Waals surface area contributed by atoms with Crippen molar-refractivity contribution in [2.24, 2.45) is 5.92 Å². The largest absolute Gasteiger partial charge is 0.476 e. The van der Waals surface area contributed by atoms with Crippen LogP contribution in [0.1, 0.15) is 34.5 Å². The average Bonchev–Trinajstić information content (AvgIpc) is 3.32. The first kappa shape index (κ1) is 22.1. The van der Waals surface area contributed by atoms with Crippen LogP contribution in [0.2, 0.25) is 0 Å². The quantitative estimate of drug-likeness (QED) is 0.456. The van der Waals surface area contributed by atoms with Gasteiger partial charge < -0.3 is 25.6 Å². The molecule has 2 heterocycles. The number of rotatable bonds is 7. The highest BCUT2D eigenvalue weighted by atomic mass is 32.1. The average molecular weight is 454 g/mol. The summed E-state index contributed by atoms with van der Waals surface area (Å²) >= 11 is 1.19. The van der Waals surface area contributed by atoms with E-state index in [0.717, 1.165) is 41.5 Å². The van der Waals surface area contributed by atoms with Crippen LogP contribution in [-0.4, -0.2) is 35.9 Å². The highest BCUT2D eigenvalue weighted by molar-refractivity contribution is 7.19. The molecule has 7 nitrogen and oxygen atoms in total. The number of aryl methyl sites for hydroxylation is 1. The number of nitrogen functional groups attached to an aromatic ring is 1. The smallest absolute Gasteiger partial charge is 0.356 e. The molecule has 1 aliphatic carbocycles. The van der Waals surface area contributed by atoms with Crippen molar-refractivity contribution >= 4 is 22.4 Å². The molecule has 0 radical (unpaired) electrons. The SMILES string of the molecule is Cc1cccc(-c2sc(N)nc2C(=O)O)c1.c1cc2c(cc1CCNCC1CC1)OCO2. The van der Waals surface area contributed by atoms with E-state index in [1.807, 2.05) is 37.3 Å². The van der Waals surface area contributed by atoms with Gasteiger partial charge in [-0.15, -0.1) is 0 Å². The second kappa shape index (κ2) is 10.0. The lowest BCUT2D eigenvalue weighted by Gasteiger charge is -2.04. The zero-order valence-corrected chi connectivity index (χ0v) is 18.8. The van der Waals surface area contributed by atoms with Crippen LogP contribution < -0.4 is 20.5 Å². The summed E-state index contributed by atoms with van der Waals surface area (Å²) in [5.41, 5.74) is 8.78. The summed E-state index contributed by atoms with van der Waals surface area (Å²) < 4.78 is 10.6. The molecule has 1 aliphatic heterocycles. The maximum absolute atomic E-state index is 11.0. The van der Waals surface area contributed by atoms with Gasteiger partial charge in [-0.05, 0) is 68.5 Å². The van der Waals surface area contributed by atoms with E-state index in [-0.39, 0.29) is 10.8 Å². The van der Waals surface area contributed by atoms with E-state index >= 15 is 0 Å². The van der Waals surface area contributed by atoms with Crippen LogP contribution >= 0.6 is 11.3 Å². The van der Waals surface area contributed by atoms with Gasteiger partial charge in [0.15, 0.2) is 22.3 Å². The minimum absolute atomic E-state index is 0.0214. The van der Waals surface area contributed by atoms with Gasteiger partial charge in [0.1, 0.15) is 0 Å². The predicted octanol–water partition coefficient (Wildman–Crippen LogP) is 4.36. The number of nitrogens with two attached hydrogens (primary N) is 1. The van der Waals surface area contributed by atoms with Crippen LogP contribution in [0.5, 0.6) is 11.5 Å². The number of carbonyl (C=O) groups is 1. The molecule has 0 unspecified atom stereocenters. The fourth-order valence-corrected chi connectivity index (χ4v) is 4.24. The Balaban J connectivity index is 0.000000153. The Labute approximate surface area is 191 Å². The molecular weight excluding hydrogens is 426 g/mol. The fourth-order valence-electron chi connectivity index (χ4n) is 3.42. The van der Waals surface area contributed by atoms with E-state index in [2.05, 4.69) is 22.4 Å². The van der Waals surface area contributed by atoms with Crippen molar-refractivity contribution in [2.75, 3.05) is 25.6 Å². The summed E-state index contributed by atoms with van der Waals surface area (Å²) in [5, 5.41) is 12.8. The fraction of sp³-hybridized carbons (Fsp3) is 0.333. The molecule has 1 fully saturated rings. The van der Waals surface area contributed by atoms with Gasteiger partial charge in [-0.3, -0.25) is 0 Å². The first-order valence-corrected chi connectivity index (χ1v) is 11.5. The molecule has 0 spiro atoms. The molecule has 3 aromatic rings. The molecular formula is C24H27N3O4S. The van der Waals surface area contributed by atoms with E-state index in [9.17, 15) is 4.79 Å². The molecule has 2 aromatic carbocycles. The molecule has 0 saturated heterocycles. The van der Waals surface area contributed by atoms with Gasteiger partial charge in [0.2, 0.25) is 6.79 Å². The minimum atomic E-state index is -1.05. The molecule has 1 saturated carbocycles. The third-order valence-corrected chi connectivity index (χ3v) is 6.22. The number of nitrogens with zero attached hydrogens (tertiary/aromatic N) is 1. The number of benzene rings is 2. The van der Waals surface area contributed by atoms with Gasteiger partial charge in [-0.1, -0.05) is 47.2 Å². The lowest BCUT2D eigenvalue weighted by molar-refractivity contribution is 0.0692. The van der Waals surface area contributed by atoms with Crippen LogP contribution in [0.3, 0.4) is 0 Å². The number of aromatic nitrogens is 1. The van der Waals surface area contributed by atoms with Gasteiger partial charge in [-0.2, -0.15) is 0 Å². The number of hydrogen-bond acceptors (Lipinski definition) is 7. The third-order valence-electron chi connectivity index (χ3n) is 5.28. The Morgan fingerprint density at radius 2 is 2.03 bits per heavy atom.